The average Bonchev–Trinajstić information content (AvgIpc) is 4.02. The van der Waals surface area contributed by atoms with Crippen LogP contribution < -0.4 is 24.7 Å². The fraction of sp³-hybridized carbons (Fsp3) is 0.440. The molecule has 3 aromatic rings. The number of hydrogen-bond acceptors (Lipinski definition) is 7. The molecule has 0 heterocycles. The molecule has 1 aliphatic rings. The Hall–Kier alpha value is -5.04. The van der Waals surface area contributed by atoms with Crippen LogP contribution in [0.4, 0.5) is 5.69 Å². The van der Waals surface area contributed by atoms with Crippen molar-refractivity contribution < 1.29 is 28.5 Å². The molecule has 57 heavy (non-hydrogen) atoms. The van der Waals surface area contributed by atoms with Crippen molar-refractivity contribution in [2.45, 2.75) is 94.4 Å². The van der Waals surface area contributed by atoms with Crippen LogP contribution in [0, 0.1) is 37.5 Å². The second-order valence-corrected chi connectivity index (χ2v) is 15.3. The summed E-state index contributed by atoms with van der Waals surface area (Å²) in [6.45, 7) is 26.3. The quantitative estimate of drug-likeness (QED) is 0.0560. The Morgan fingerprint density at radius 3 is 1.58 bits per heavy atom. The molecule has 7 nitrogen and oxygen atoms in total. The van der Waals surface area contributed by atoms with Gasteiger partial charge in [0.1, 0.15) is 0 Å². The Kier molecular flexibility index (Phi) is 20.7. The minimum absolute atomic E-state index is 0.0132. The number of benzene rings is 3. The lowest BCUT2D eigenvalue weighted by atomic mass is 9.93. The van der Waals surface area contributed by atoms with Crippen molar-refractivity contribution >= 4 is 22.8 Å². The molecule has 0 saturated heterocycles. The molecular weight excluding hydrogens is 711 g/mol. The fourth-order valence-electron chi connectivity index (χ4n) is 6.29. The van der Waals surface area contributed by atoms with Crippen LogP contribution in [0.1, 0.15) is 118 Å². The molecule has 2 unspecified atom stereocenters. The van der Waals surface area contributed by atoms with Gasteiger partial charge in [0.05, 0.1) is 27.4 Å². The Balaban J connectivity index is 0.000000336. The molecular formula is C50H69NO6. The molecule has 0 aromatic heterocycles. The average molecular weight is 780 g/mol. The highest BCUT2D eigenvalue weighted by Gasteiger charge is 2.25. The molecule has 0 aliphatic heterocycles. The van der Waals surface area contributed by atoms with E-state index in [-0.39, 0.29) is 11.6 Å². The number of carbonyl (C=O) groups is 2. The molecule has 2 N–H and O–H groups in total. The molecule has 1 saturated carbocycles. The first-order valence-corrected chi connectivity index (χ1v) is 20.2. The van der Waals surface area contributed by atoms with E-state index in [2.05, 4.69) is 72.1 Å². The summed E-state index contributed by atoms with van der Waals surface area (Å²) < 4.78 is 22.3. The molecule has 0 radical (unpaired) electrons. The van der Waals surface area contributed by atoms with Crippen LogP contribution in [0.15, 0.2) is 91.6 Å². The lowest BCUT2D eigenvalue weighted by molar-refractivity contribution is 0.100. The Morgan fingerprint density at radius 1 is 0.754 bits per heavy atom. The third kappa shape index (κ3) is 16.5. The number of anilines is 1. The van der Waals surface area contributed by atoms with Gasteiger partial charge >= 0.3 is 0 Å². The van der Waals surface area contributed by atoms with Gasteiger partial charge in [0, 0.05) is 23.2 Å². The van der Waals surface area contributed by atoms with Crippen LogP contribution in [-0.4, -0.2) is 39.0 Å². The van der Waals surface area contributed by atoms with Crippen molar-refractivity contribution in [2.75, 3.05) is 33.2 Å². The maximum Gasteiger partial charge on any atom is 0.161 e. The van der Waals surface area contributed by atoms with Gasteiger partial charge in [-0.25, -0.2) is 0 Å². The third-order valence-electron chi connectivity index (χ3n) is 9.78. The predicted octanol–water partition coefficient (Wildman–Crippen LogP) is 12.6. The largest absolute Gasteiger partial charge is 0.493 e. The first kappa shape index (κ1) is 48.1. The van der Waals surface area contributed by atoms with Crippen LogP contribution in [0.2, 0.25) is 0 Å². The number of allylic oxidation sites excluding steroid dienone is 6. The zero-order valence-electron chi connectivity index (χ0n) is 36.6. The van der Waals surface area contributed by atoms with Gasteiger partial charge in [-0.05, 0) is 143 Å². The number of aryl methyl sites for hydroxylation is 2. The Bertz CT molecular complexity index is 1760. The normalized spacial score (nSPS) is 13.5. The van der Waals surface area contributed by atoms with Crippen molar-refractivity contribution in [1.29, 1.82) is 0 Å². The number of carbonyl (C=O) groups excluding carboxylic acids is 2. The predicted molar refractivity (Wildman–Crippen MR) is 239 cm³/mol. The molecule has 7 heteroatoms. The van der Waals surface area contributed by atoms with Crippen molar-refractivity contribution in [3.8, 4) is 23.0 Å². The summed E-state index contributed by atoms with van der Waals surface area (Å²) >= 11 is 0. The summed E-state index contributed by atoms with van der Waals surface area (Å²) in [4.78, 5) is 23.3. The third-order valence-corrected chi connectivity index (χ3v) is 9.78. The van der Waals surface area contributed by atoms with Crippen molar-refractivity contribution in [3.63, 3.8) is 0 Å². The van der Waals surface area contributed by atoms with E-state index in [1.54, 1.807) is 31.9 Å². The van der Waals surface area contributed by atoms with Crippen LogP contribution in [0.25, 0.3) is 5.57 Å². The maximum absolute atomic E-state index is 11.7. The zero-order valence-corrected chi connectivity index (χ0v) is 36.6. The van der Waals surface area contributed by atoms with Crippen molar-refractivity contribution in [2.24, 2.45) is 23.7 Å². The van der Waals surface area contributed by atoms with Crippen molar-refractivity contribution in [1.82, 2.24) is 0 Å². The van der Waals surface area contributed by atoms with Crippen LogP contribution >= 0.6 is 0 Å². The van der Waals surface area contributed by atoms with E-state index in [9.17, 15) is 9.59 Å². The van der Waals surface area contributed by atoms with E-state index >= 15 is 0 Å². The lowest BCUT2D eigenvalue weighted by Gasteiger charge is -2.15. The van der Waals surface area contributed by atoms with Gasteiger partial charge in [-0.3, -0.25) is 9.59 Å². The highest BCUT2D eigenvalue weighted by atomic mass is 16.5. The van der Waals surface area contributed by atoms with Gasteiger partial charge in [-0.15, -0.1) is 13.2 Å². The smallest absolute Gasteiger partial charge is 0.161 e. The van der Waals surface area contributed by atoms with E-state index in [1.165, 1.54) is 44.2 Å². The minimum Gasteiger partial charge on any atom is -0.493 e. The highest BCUT2D eigenvalue weighted by Crippen LogP contribution is 2.39. The molecule has 4 rings (SSSR count). The highest BCUT2D eigenvalue weighted by molar-refractivity contribution is 5.96. The first-order valence-electron chi connectivity index (χ1n) is 20.2. The van der Waals surface area contributed by atoms with Crippen LogP contribution in [0.5, 0.6) is 23.0 Å². The topological polar surface area (TPSA) is 97.1 Å². The number of Topliss-reactive ketones (excluding diaryl/α,β-unsaturated/α-hetero) is 2. The number of ether oxygens (including phenoxy) is 4. The summed E-state index contributed by atoms with van der Waals surface area (Å²) in [5.41, 5.74) is 13.8. The minimum atomic E-state index is -0.0132. The number of nitrogens with two attached hydrogens (primary N) is 1. The van der Waals surface area contributed by atoms with Gasteiger partial charge in [-0.2, -0.15) is 0 Å². The second-order valence-electron chi connectivity index (χ2n) is 15.3. The number of hydrogen-bond donors (Lipinski definition) is 1. The van der Waals surface area contributed by atoms with E-state index in [4.69, 9.17) is 24.7 Å². The Morgan fingerprint density at radius 2 is 1.21 bits per heavy atom. The number of rotatable bonds is 19. The maximum atomic E-state index is 11.7. The molecule has 2 atom stereocenters. The SMILES string of the molecule is C=CC(C)C/C(=C\C(C)C)c1ccc(N)cc1.C=CC(C)C/C(=C\C)C1CC1.COc1cc(C(C)=O)c(C)cc1OCCCOc1cc(C)c(C(C)=O)cc1OC. The summed E-state index contributed by atoms with van der Waals surface area (Å²) in [5.74, 6) is 4.85. The number of nitrogen functional groups attached to an aromatic ring is 1. The molecule has 0 bridgehead atoms. The number of methoxy groups -OCH3 is 2. The molecule has 3 aromatic carbocycles. The standard InChI is InChI=1S/C23H28O6.C16H23N.C11H18/c1-14-10-22(20(26-5)12-18(14)16(3)24)28-8-7-9-29-23-11-15(2)19(17(4)25)13-21(23)27-6;1-5-13(4)11-15(10-12(2)3)14-6-8-16(17)9-7-14;1-4-9(3)8-10(5-2)11-6-7-11/h10-13H,7-9H2,1-6H3;5-10,12-13H,1,11,17H2,2-4H3;4-5,9,11H,1,6-8H2,2-3H3/b;15-10+;10-5+. The van der Waals surface area contributed by atoms with Gasteiger partial charge in [0.2, 0.25) is 0 Å². The van der Waals surface area contributed by atoms with Crippen LogP contribution in [0.3, 0.4) is 0 Å². The summed E-state index contributed by atoms with van der Waals surface area (Å²) in [5, 5.41) is 0. The van der Waals surface area contributed by atoms with Gasteiger partial charge < -0.3 is 24.7 Å². The lowest BCUT2D eigenvalue weighted by Crippen LogP contribution is -2.08. The summed E-state index contributed by atoms with van der Waals surface area (Å²) in [6.07, 6.45) is 14.4. The van der Waals surface area contributed by atoms with E-state index in [0.717, 1.165) is 29.2 Å². The number of ketones is 2. The summed E-state index contributed by atoms with van der Waals surface area (Å²) in [6, 6.07) is 15.1. The fourth-order valence-corrected chi connectivity index (χ4v) is 6.29. The van der Waals surface area contributed by atoms with Crippen LogP contribution in [-0.2, 0) is 0 Å². The van der Waals surface area contributed by atoms with Gasteiger partial charge in [0.25, 0.3) is 0 Å². The molecule has 310 valence electrons. The van der Waals surface area contributed by atoms with E-state index in [0.29, 0.717) is 71.5 Å². The summed E-state index contributed by atoms with van der Waals surface area (Å²) in [7, 11) is 3.09. The molecule has 0 spiro atoms. The molecule has 1 fully saturated rings. The van der Waals surface area contributed by atoms with E-state index < -0.39 is 0 Å². The van der Waals surface area contributed by atoms with E-state index in [1.807, 2.05) is 50.3 Å². The van der Waals surface area contributed by atoms with Gasteiger partial charge in [0.15, 0.2) is 34.6 Å². The molecule has 0 amide bonds. The zero-order chi connectivity index (χ0) is 42.7. The van der Waals surface area contributed by atoms with Crippen molar-refractivity contribution in [3.05, 3.63) is 119 Å². The molecule has 1 aliphatic carbocycles. The Labute approximate surface area is 344 Å². The first-order chi connectivity index (χ1) is 27.1. The monoisotopic (exact) mass is 780 g/mol. The van der Waals surface area contributed by atoms with Gasteiger partial charge in [-0.1, -0.05) is 69.7 Å². The second kappa shape index (κ2) is 24.6.